The number of benzene rings is 4. The molecule has 4 aromatic carbocycles. The second-order valence-electron chi connectivity index (χ2n) is 10.5. The maximum absolute atomic E-state index is 13.5. The van der Waals surface area contributed by atoms with Crippen LogP contribution in [-0.2, 0) is 9.13 Å². The third kappa shape index (κ3) is 6.65. The molecule has 0 bridgehead atoms. The summed E-state index contributed by atoms with van der Waals surface area (Å²) < 4.78 is 49.9. The number of rotatable bonds is 8. The summed E-state index contributed by atoms with van der Waals surface area (Å²) in [5, 5.41) is 70.4. The molecule has 264 valence electrons. The standard InChI is InChI=1S/C30H20O19P2/c31-13-7-17(35)23-21(9-13)45-28(27(39)25(23)37)11-1-4-20(16(34)5-11)48-51(43,44)49-30-26(38)24-18(36)8-14(32)10-22(24)46-29(30)12-2-3-19(15(33)6-12)47-50(40,41)42/h1-10,31-36,39H,(H,43,44)(H2,40,41,42). The van der Waals surface area contributed by atoms with Crippen molar-refractivity contribution in [3.63, 3.8) is 0 Å². The maximum atomic E-state index is 13.5. The van der Waals surface area contributed by atoms with Crippen LogP contribution in [0.4, 0.5) is 0 Å². The molecule has 0 fully saturated rings. The van der Waals surface area contributed by atoms with E-state index in [1.807, 2.05) is 0 Å². The molecule has 1 atom stereocenters. The van der Waals surface area contributed by atoms with E-state index in [9.17, 15) is 59.4 Å². The van der Waals surface area contributed by atoms with Crippen molar-refractivity contribution < 1.29 is 82.0 Å². The van der Waals surface area contributed by atoms with Gasteiger partial charge in [-0.05, 0) is 36.4 Å². The molecular formula is C30H20O19P2. The van der Waals surface area contributed by atoms with Gasteiger partial charge in [0.15, 0.2) is 34.5 Å². The van der Waals surface area contributed by atoms with E-state index >= 15 is 0 Å². The van der Waals surface area contributed by atoms with E-state index in [1.54, 1.807) is 0 Å². The van der Waals surface area contributed by atoms with Crippen LogP contribution >= 0.6 is 15.6 Å². The summed E-state index contributed by atoms with van der Waals surface area (Å²) in [6.45, 7) is 0. The quantitative estimate of drug-likeness (QED) is 0.0975. The number of phosphoric acid groups is 2. The number of hydrogen-bond donors (Lipinski definition) is 10. The van der Waals surface area contributed by atoms with E-state index < -0.39 is 112 Å². The van der Waals surface area contributed by atoms with Crippen molar-refractivity contribution in [3.05, 3.63) is 81.1 Å². The average molecular weight is 746 g/mol. The van der Waals surface area contributed by atoms with Crippen LogP contribution in [0.1, 0.15) is 0 Å². The number of phenols is 6. The fraction of sp³-hybridized carbons (Fsp3) is 0. The lowest BCUT2D eigenvalue weighted by atomic mass is 10.1. The Labute approximate surface area is 280 Å². The maximum Gasteiger partial charge on any atom is 0.585 e. The molecule has 19 nitrogen and oxygen atoms in total. The first-order chi connectivity index (χ1) is 23.8. The van der Waals surface area contributed by atoms with Gasteiger partial charge in [0.1, 0.15) is 44.9 Å². The Morgan fingerprint density at radius 3 is 1.51 bits per heavy atom. The first-order valence-corrected chi connectivity index (χ1v) is 16.7. The van der Waals surface area contributed by atoms with Gasteiger partial charge in [-0.1, -0.05) is 0 Å². The van der Waals surface area contributed by atoms with Gasteiger partial charge < -0.3 is 58.2 Å². The normalized spacial score (nSPS) is 12.8. The van der Waals surface area contributed by atoms with Gasteiger partial charge in [-0.25, -0.2) is 9.13 Å². The van der Waals surface area contributed by atoms with Gasteiger partial charge in [0.2, 0.25) is 22.4 Å². The summed E-state index contributed by atoms with van der Waals surface area (Å²) in [5.74, 6) is -9.29. The van der Waals surface area contributed by atoms with Gasteiger partial charge in [-0.2, -0.15) is 0 Å². The van der Waals surface area contributed by atoms with Gasteiger partial charge in [0.25, 0.3) is 0 Å². The van der Waals surface area contributed by atoms with E-state index in [-0.39, 0.29) is 16.7 Å². The molecule has 0 saturated carbocycles. The van der Waals surface area contributed by atoms with Gasteiger partial charge in [0, 0.05) is 35.4 Å². The largest absolute Gasteiger partial charge is 0.585 e. The number of phosphoric ester groups is 2. The van der Waals surface area contributed by atoms with E-state index in [0.717, 1.165) is 60.7 Å². The summed E-state index contributed by atoms with van der Waals surface area (Å²) in [4.78, 5) is 55.1. The number of hydrogen-bond acceptors (Lipinski definition) is 16. The monoisotopic (exact) mass is 746 g/mol. The van der Waals surface area contributed by atoms with Crippen LogP contribution in [0.2, 0.25) is 0 Å². The van der Waals surface area contributed by atoms with E-state index in [2.05, 4.69) is 4.52 Å². The zero-order valence-electron chi connectivity index (χ0n) is 24.8. The highest BCUT2D eigenvalue weighted by Gasteiger charge is 2.33. The molecule has 0 aliphatic carbocycles. The minimum atomic E-state index is -5.56. The summed E-state index contributed by atoms with van der Waals surface area (Å²) in [6, 6.07) is 8.80. The van der Waals surface area contributed by atoms with Crippen molar-refractivity contribution in [2.24, 2.45) is 0 Å². The van der Waals surface area contributed by atoms with E-state index in [4.69, 9.17) is 27.7 Å². The zero-order valence-corrected chi connectivity index (χ0v) is 26.6. The van der Waals surface area contributed by atoms with Crippen molar-refractivity contribution in [1.29, 1.82) is 0 Å². The predicted molar refractivity (Wildman–Crippen MR) is 171 cm³/mol. The molecule has 51 heavy (non-hydrogen) atoms. The summed E-state index contributed by atoms with van der Waals surface area (Å²) >= 11 is 0. The molecule has 0 spiro atoms. The molecule has 0 amide bonds. The van der Waals surface area contributed by atoms with Crippen LogP contribution in [0.25, 0.3) is 44.6 Å². The molecular weight excluding hydrogens is 726 g/mol. The highest BCUT2D eigenvalue weighted by molar-refractivity contribution is 7.48. The fourth-order valence-corrected chi connectivity index (χ4v) is 6.12. The van der Waals surface area contributed by atoms with Crippen molar-refractivity contribution in [3.8, 4) is 80.1 Å². The van der Waals surface area contributed by atoms with Crippen LogP contribution in [0.3, 0.4) is 0 Å². The minimum Gasteiger partial charge on any atom is -0.508 e. The minimum absolute atomic E-state index is 0.199. The van der Waals surface area contributed by atoms with Crippen molar-refractivity contribution in [1.82, 2.24) is 0 Å². The van der Waals surface area contributed by atoms with Crippen molar-refractivity contribution in [2.75, 3.05) is 0 Å². The molecule has 6 rings (SSSR count). The third-order valence-corrected chi connectivity index (χ3v) is 8.21. The average Bonchev–Trinajstić information content (AvgIpc) is 3.01. The molecule has 1 unspecified atom stereocenters. The Hall–Kier alpha value is -6.36. The summed E-state index contributed by atoms with van der Waals surface area (Å²) in [7, 11) is -10.7. The first kappa shape index (κ1) is 34.5. The topological polar surface area (TPSA) is 325 Å². The second kappa shape index (κ2) is 12.2. The van der Waals surface area contributed by atoms with Crippen molar-refractivity contribution >= 4 is 37.6 Å². The van der Waals surface area contributed by atoms with Crippen LogP contribution in [0.15, 0.2) is 79.1 Å². The summed E-state index contributed by atoms with van der Waals surface area (Å²) in [5.41, 5.74) is -3.76. The van der Waals surface area contributed by atoms with Gasteiger partial charge in [-0.3, -0.25) is 24.3 Å². The molecule has 0 saturated heterocycles. The third-order valence-electron chi connectivity index (χ3n) is 6.93. The van der Waals surface area contributed by atoms with Crippen LogP contribution in [-0.4, -0.2) is 50.4 Å². The molecule has 0 aliphatic heterocycles. The van der Waals surface area contributed by atoms with Gasteiger partial charge in [0.05, 0.1) is 0 Å². The number of phenolic OH excluding ortho intramolecular Hbond substituents is 6. The Morgan fingerprint density at radius 1 is 0.529 bits per heavy atom. The van der Waals surface area contributed by atoms with Crippen LogP contribution in [0, 0.1) is 0 Å². The lowest BCUT2D eigenvalue weighted by Gasteiger charge is -2.17. The SMILES string of the molecule is O=c1c(O)c(-c2ccc(OP(=O)(O)Oc3c(-c4ccc(OP(=O)(O)O)c(O)c4)oc4cc(O)cc(O)c4c3=O)c(O)c2)oc2cc(O)cc(O)c12. The molecule has 2 heterocycles. The smallest absolute Gasteiger partial charge is 0.508 e. The predicted octanol–water partition coefficient (Wildman–Crippen LogP) is 4.20. The highest BCUT2D eigenvalue weighted by atomic mass is 31.2. The Kier molecular flexibility index (Phi) is 8.25. The Morgan fingerprint density at radius 2 is 1.00 bits per heavy atom. The van der Waals surface area contributed by atoms with Gasteiger partial charge >= 0.3 is 15.6 Å². The van der Waals surface area contributed by atoms with E-state index in [1.165, 1.54) is 0 Å². The first-order valence-electron chi connectivity index (χ1n) is 13.7. The number of fused-ring (bicyclic) bond motifs is 2. The molecule has 0 aliphatic rings. The number of aromatic hydroxyl groups is 7. The Balaban J connectivity index is 1.40. The highest BCUT2D eigenvalue weighted by Crippen LogP contribution is 2.51. The zero-order chi connectivity index (χ0) is 37.2. The van der Waals surface area contributed by atoms with Gasteiger partial charge in [-0.15, -0.1) is 0 Å². The molecule has 2 aromatic heterocycles. The molecule has 6 aromatic rings. The van der Waals surface area contributed by atoms with Crippen LogP contribution < -0.4 is 24.4 Å². The lowest BCUT2D eigenvalue weighted by molar-refractivity contribution is 0.277. The van der Waals surface area contributed by atoms with Crippen molar-refractivity contribution in [2.45, 2.75) is 0 Å². The fourth-order valence-electron chi connectivity index (χ4n) is 4.87. The molecule has 21 heteroatoms. The summed E-state index contributed by atoms with van der Waals surface area (Å²) in [6.07, 6.45) is 0. The second-order valence-corrected chi connectivity index (χ2v) is 12.9. The van der Waals surface area contributed by atoms with Crippen LogP contribution in [0.5, 0.6) is 57.5 Å². The van der Waals surface area contributed by atoms with E-state index in [0.29, 0.717) is 0 Å². The molecule has 10 N–H and O–H groups in total. The lowest BCUT2D eigenvalue weighted by Crippen LogP contribution is -2.11. The Bertz CT molecular complexity index is 2640. The molecule has 0 radical (unpaired) electrons.